The predicted octanol–water partition coefficient (Wildman–Crippen LogP) is 0.620. The van der Waals surface area contributed by atoms with Gasteiger partial charge in [-0.05, 0) is 6.42 Å². The first-order chi connectivity index (χ1) is 6.22. The largest absolute Gasteiger partial charge is 0.461 e. The highest BCUT2D eigenvalue weighted by Crippen LogP contribution is 2.01. The van der Waals surface area contributed by atoms with Crippen molar-refractivity contribution in [3.63, 3.8) is 0 Å². The van der Waals surface area contributed by atoms with E-state index >= 15 is 0 Å². The van der Waals surface area contributed by atoms with E-state index in [1.165, 1.54) is 13.3 Å². The Labute approximate surface area is 76.7 Å². The minimum Gasteiger partial charge on any atom is -0.461 e. The summed E-state index contributed by atoms with van der Waals surface area (Å²) in [5.74, 6) is -0.257. The topological polar surface area (TPSA) is 57.0 Å². The van der Waals surface area contributed by atoms with Gasteiger partial charge in [0, 0.05) is 6.92 Å². The molecule has 1 atom stereocenters. The molecule has 0 saturated carbocycles. The minimum atomic E-state index is -0.257. The highest BCUT2D eigenvalue weighted by molar-refractivity contribution is 5.66. The summed E-state index contributed by atoms with van der Waals surface area (Å²) in [5, 5.41) is 3.93. The van der Waals surface area contributed by atoms with E-state index in [0.717, 1.165) is 6.42 Å². The number of hydrogen-bond acceptors (Lipinski definition) is 4. The summed E-state index contributed by atoms with van der Waals surface area (Å²) in [6, 6.07) is 0. The first kappa shape index (κ1) is 9.70. The molecule has 0 N–H and O–H groups in total. The van der Waals surface area contributed by atoms with Crippen LogP contribution in [0.5, 0.6) is 0 Å². The molecule has 0 spiro atoms. The maximum Gasteiger partial charge on any atom is 0.302 e. The van der Waals surface area contributed by atoms with Gasteiger partial charge in [0.2, 0.25) is 0 Å². The Bertz CT molecular complexity index is 258. The lowest BCUT2D eigenvalue weighted by Gasteiger charge is -2.14. The zero-order valence-electron chi connectivity index (χ0n) is 7.80. The lowest BCUT2D eigenvalue weighted by Crippen LogP contribution is -2.21. The summed E-state index contributed by atoms with van der Waals surface area (Å²) in [5.41, 5.74) is 0. The number of hydrogen-bond donors (Lipinski definition) is 0. The van der Waals surface area contributed by atoms with E-state index < -0.39 is 0 Å². The molecule has 0 aromatic carbocycles. The van der Waals surface area contributed by atoms with Crippen LogP contribution in [-0.2, 0) is 16.1 Å². The molecule has 5 nitrogen and oxygen atoms in total. The number of carbonyl (C=O) groups is 1. The van der Waals surface area contributed by atoms with Crippen LogP contribution in [0.1, 0.15) is 20.3 Å². The molecule has 72 valence electrons. The average molecular weight is 183 g/mol. The van der Waals surface area contributed by atoms with E-state index in [-0.39, 0.29) is 12.1 Å². The van der Waals surface area contributed by atoms with Crippen LogP contribution in [0.3, 0.4) is 0 Å². The Morgan fingerprint density at radius 2 is 2.46 bits per heavy atom. The van der Waals surface area contributed by atoms with Crippen molar-refractivity contribution < 1.29 is 9.53 Å². The van der Waals surface area contributed by atoms with Crippen LogP contribution in [0.25, 0.3) is 0 Å². The Balaban J connectivity index is 2.45. The van der Waals surface area contributed by atoms with Gasteiger partial charge in [-0.25, -0.2) is 9.67 Å². The van der Waals surface area contributed by atoms with Crippen molar-refractivity contribution in [2.45, 2.75) is 32.9 Å². The van der Waals surface area contributed by atoms with Gasteiger partial charge in [0.15, 0.2) is 0 Å². The van der Waals surface area contributed by atoms with Gasteiger partial charge < -0.3 is 4.74 Å². The second-order valence-electron chi connectivity index (χ2n) is 2.76. The maximum absolute atomic E-state index is 10.7. The van der Waals surface area contributed by atoms with E-state index in [9.17, 15) is 4.79 Å². The summed E-state index contributed by atoms with van der Waals surface area (Å²) in [6.45, 7) is 3.94. The monoisotopic (exact) mass is 183 g/mol. The zero-order valence-corrected chi connectivity index (χ0v) is 7.80. The van der Waals surface area contributed by atoms with E-state index in [2.05, 4.69) is 10.1 Å². The Hall–Kier alpha value is -1.39. The Morgan fingerprint density at radius 1 is 1.69 bits per heavy atom. The van der Waals surface area contributed by atoms with Gasteiger partial charge in [-0.15, -0.1) is 0 Å². The van der Waals surface area contributed by atoms with Gasteiger partial charge in [0.1, 0.15) is 18.8 Å². The molecule has 0 aliphatic carbocycles. The number of nitrogens with zero attached hydrogens (tertiary/aromatic N) is 3. The molecular formula is C8H13N3O2. The molecule has 1 aromatic rings. The van der Waals surface area contributed by atoms with Crippen molar-refractivity contribution in [2.24, 2.45) is 0 Å². The zero-order chi connectivity index (χ0) is 9.68. The van der Waals surface area contributed by atoms with Crippen molar-refractivity contribution in [3.05, 3.63) is 12.7 Å². The normalized spacial score (nSPS) is 12.5. The van der Waals surface area contributed by atoms with E-state index in [0.29, 0.717) is 6.54 Å². The minimum absolute atomic E-state index is 0.112. The van der Waals surface area contributed by atoms with Crippen molar-refractivity contribution in [1.29, 1.82) is 0 Å². The third-order valence-corrected chi connectivity index (χ3v) is 1.65. The second-order valence-corrected chi connectivity index (χ2v) is 2.76. The number of carbonyl (C=O) groups excluding carboxylic acids is 1. The van der Waals surface area contributed by atoms with Gasteiger partial charge >= 0.3 is 5.97 Å². The molecule has 0 unspecified atom stereocenters. The first-order valence-electron chi connectivity index (χ1n) is 4.22. The van der Waals surface area contributed by atoms with Gasteiger partial charge in [-0.2, -0.15) is 5.10 Å². The highest BCUT2D eigenvalue weighted by Gasteiger charge is 2.10. The van der Waals surface area contributed by atoms with Crippen molar-refractivity contribution in [1.82, 2.24) is 14.8 Å². The van der Waals surface area contributed by atoms with Gasteiger partial charge in [-0.1, -0.05) is 6.92 Å². The van der Waals surface area contributed by atoms with Gasteiger partial charge in [-0.3, -0.25) is 4.79 Å². The molecule has 5 heteroatoms. The standard InChI is InChI=1S/C8H13N3O2/c1-3-8(13-7(2)12)4-11-6-9-5-10-11/h5-6,8H,3-4H2,1-2H3/t8-/m1/s1. The molecule has 0 bridgehead atoms. The average Bonchev–Trinajstić information content (AvgIpc) is 2.55. The van der Waals surface area contributed by atoms with E-state index in [1.54, 1.807) is 11.0 Å². The summed E-state index contributed by atoms with van der Waals surface area (Å²) < 4.78 is 6.70. The Morgan fingerprint density at radius 3 is 2.92 bits per heavy atom. The van der Waals surface area contributed by atoms with Crippen LogP contribution in [0, 0.1) is 0 Å². The Kier molecular flexibility index (Phi) is 3.42. The van der Waals surface area contributed by atoms with Crippen molar-refractivity contribution >= 4 is 5.97 Å². The summed E-state index contributed by atoms with van der Waals surface area (Å²) in [7, 11) is 0. The SMILES string of the molecule is CC[C@H](Cn1cncn1)OC(C)=O. The fraction of sp³-hybridized carbons (Fsp3) is 0.625. The van der Waals surface area contributed by atoms with Crippen LogP contribution in [-0.4, -0.2) is 26.8 Å². The van der Waals surface area contributed by atoms with Crippen molar-refractivity contribution in [2.75, 3.05) is 0 Å². The molecule has 1 rings (SSSR count). The predicted molar refractivity (Wildman–Crippen MR) is 45.9 cm³/mol. The molecule has 0 saturated heterocycles. The third-order valence-electron chi connectivity index (χ3n) is 1.65. The van der Waals surface area contributed by atoms with E-state index in [1.807, 2.05) is 6.92 Å². The summed E-state index contributed by atoms with van der Waals surface area (Å²) >= 11 is 0. The lowest BCUT2D eigenvalue weighted by molar-refractivity contribution is -0.147. The lowest BCUT2D eigenvalue weighted by atomic mass is 10.3. The smallest absolute Gasteiger partial charge is 0.302 e. The number of aromatic nitrogens is 3. The van der Waals surface area contributed by atoms with Crippen LogP contribution in [0.4, 0.5) is 0 Å². The fourth-order valence-electron chi connectivity index (χ4n) is 1.02. The van der Waals surface area contributed by atoms with Crippen LogP contribution in [0.2, 0.25) is 0 Å². The number of rotatable bonds is 4. The molecule has 0 radical (unpaired) electrons. The third kappa shape index (κ3) is 3.23. The molecule has 13 heavy (non-hydrogen) atoms. The maximum atomic E-state index is 10.7. The second kappa shape index (κ2) is 4.59. The summed E-state index contributed by atoms with van der Waals surface area (Å²) in [6.07, 6.45) is 3.73. The number of ether oxygens (including phenoxy) is 1. The quantitative estimate of drug-likeness (QED) is 0.642. The molecule has 0 aliphatic heterocycles. The van der Waals surface area contributed by atoms with Gasteiger partial charge in [0.05, 0.1) is 6.54 Å². The summed E-state index contributed by atoms with van der Waals surface area (Å²) in [4.78, 5) is 14.5. The first-order valence-corrected chi connectivity index (χ1v) is 4.22. The molecule has 1 heterocycles. The van der Waals surface area contributed by atoms with Crippen LogP contribution in [0.15, 0.2) is 12.7 Å². The molecule has 0 fully saturated rings. The van der Waals surface area contributed by atoms with Gasteiger partial charge in [0.25, 0.3) is 0 Å². The van der Waals surface area contributed by atoms with E-state index in [4.69, 9.17) is 4.74 Å². The number of esters is 1. The van der Waals surface area contributed by atoms with Crippen molar-refractivity contribution in [3.8, 4) is 0 Å². The molecule has 1 aromatic heterocycles. The molecule has 0 aliphatic rings. The highest BCUT2D eigenvalue weighted by atomic mass is 16.5. The fourth-order valence-corrected chi connectivity index (χ4v) is 1.02. The molecular weight excluding hydrogens is 170 g/mol. The molecule has 0 amide bonds. The van der Waals surface area contributed by atoms with Crippen LogP contribution < -0.4 is 0 Å². The van der Waals surface area contributed by atoms with Crippen LogP contribution >= 0.6 is 0 Å².